The molecule has 0 radical (unpaired) electrons. The molecule has 0 saturated heterocycles. The number of rotatable bonds is 7. The Morgan fingerprint density at radius 1 is 1.30 bits per heavy atom. The Kier molecular flexibility index (Phi) is 5.96. The highest BCUT2D eigenvalue weighted by Crippen LogP contribution is 2.21. The minimum Gasteiger partial charge on any atom is -0.426 e. The minimum absolute atomic E-state index is 0.204. The van der Waals surface area contributed by atoms with Gasteiger partial charge in [-0.05, 0) is 58.5 Å². The van der Waals surface area contributed by atoms with Crippen LogP contribution < -0.4 is 4.74 Å². The van der Waals surface area contributed by atoms with Crippen molar-refractivity contribution in [2.75, 3.05) is 20.6 Å². The molecule has 3 heteroatoms. The first-order valence-electron chi connectivity index (χ1n) is 6.92. The maximum atomic E-state index is 12.2. The average Bonchev–Trinajstić information content (AvgIpc) is 2.36. The molecule has 3 nitrogen and oxygen atoms in total. The van der Waals surface area contributed by atoms with E-state index in [1.807, 2.05) is 63.2 Å². The summed E-state index contributed by atoms with van der Waals surface area (Å²) in [6.45, 7) is 8.16. The minimum atomic E-state index is -0.523. The molecule has 0 N–H and O–H groups in total. The summed E-state index contributed by atoms with van der Waals surface area (Å²) in [5.74, 6) is 0.397. The van der Waals surface area contributed by atoms with Crippen LogP contribution in [0, 0.1) is 5.41 Å². The van der Waals surface area contributed by atoms with E-state index in [1.54, 1.807) is 0 Å². The van der Waals surface area contributed by atoms with Gasteiger partial charge in [-0.2, -0.15) is 0 Å². The first-order valence-corrected chi connectivity index (χ1v) is 6.92. The Hall–Kier alpha value is -1.61. The average molecular weight is 275 g/mol. The van der Waals surface area contributed by atoms with E-state index in [0.717, 1.165) is 12.8 Å². The van der Waals surface area contributed by atoms with E-state index < -0.39 is 5.41 Å². The Morgan fingerprint density at radius 2 is 1.90 bits per heavy atom. The lowest BCUT2D eigenvalue weighted by atomic mass is 9.93. The summed E-state index contributed by atoms with van der Waals surface area (Å²) >= 11 is 0. The zero-order valence-corrected chi connectivity index (χ0v) is 13.0. The second kappa shape index (κ2) is 7.25. The van der Waals surface area contributed by atoms with Crippen molar-refractivity contribution in [1.29, 1.82) is 0 Å². The van der Waals surface area contributed by atoms with E-state index in [2.05, 4.69) is 6.58 Å². The molecular weight excluding hydrogens is 250 g/mol. The van der Waals surface area contributed by atoms with Crippen molar-refractivity contribution in [3.05, 3.63) is 42.5 Å². The van der Waals surface area contributed by atoms with E-state index in [0.29, 0.717) is 12.3 Å². The van der Waals surface area contributed by atoms with Crippen LogP contribution in [0.1, 0.15) is 25.8 Å². The summed E-state index contributed by atoms with van der Waals surface area (Å²) in [6.07, 6.45) is 3.82. The van der Waals surface area contributed by atoms with Gasteiger partial charge in [-0.1, -0.05) is 18.2 Å². The summed E-state index contributed by atoms with van der Waals surface area (Å²) in [4.78, 5) is 14.2. The van der Waals surface area contributed by atoms with Gasteiger partial charge in [-0.15, -0.1) is 6.58 Å². The highest BCUT2D eigenvalue weighted by molar-refractivity contribution is 5.78. The third kappa shape index (κ3) is 5.17. The highest BCUT2D eigenvalue weighted by atomic mass is 16.5. The molecule has 0 aliphatic carbocycles. The van der Waals surface area contributed by atoms with Gasteiger partial charge in [0.2, 0.25) is 0 Å². The maximum Gasteiger partial charge on any atom is 0.318 e. The number of aryl methyl sites for hydroxylation is 1. The lowest BCUT2D eigenvalue weighted by molar-refractivity contribution is -0.144. The molecule has 0 bridgehead atoms. The first-order chi connectivity index (χ1) is 9.35. The normalized spacial score (nSPS) is 11.4. The summed E-state index contributed by atoms with van der Waals surface area (Å²) < 4.78 is 5.45. The standard InChI is InChI=1S/C17H25NO2/c1-6-7-8-14-9-11-15(12-10-14)20-16(19)17(2,3)13-18(4)5/h6,9-12H,1,7-8,13H2,2-5H3. The molecule has 0 atom stereocenters. The maximum absolute atomic E-state index is 12.2. The van der Waals surface area contributed by atoms with Crippen LogP contribution in [0.15, 0.2) is 36.9 Å². The lowest BCUT2D eigenvalue weighted by Crippen LogP contribution is -2.38. The van der Waals surface area contributed by atoms with Gasteiger partial charge in [0.15, 0.2) is 0 Å². The van der Waals surface area contributed by atoms with Gasteiger partial charge in [0.25, 0.3) is 0 Å². The van der Waals surface area contributed by atoms with E-state index in [1.165, 1.54) is 5.56 Å². The van der Waals surface area contributed by atoms with Crippen molar-refractivity contribution in [1.82, 2.24) is 4.90 Å². The summed E-state index contributed by atoms with van der Waals surface area (Å²) in [7, 11) is 3.90. The zero-order valence-electron chi connectivity index (χ0n) is 13.0. The smallest absolute Gasteiger partial charge is 0.318 e. The van der Waals surface area contributed by atoms with Crippen molar-refractivity contribution in [2.45, 2.75) is 26.7 Å². The summed E-state index contributed by atoms with van der Waals surface area (Å²) in [5, 5.41) is 0. The molecule has 1 aromatic rings. The predicted molar refractivity (Wildman–Crippen MR) is 82.9 cm³/mol. The van der Waals surface area contributed by atoms with Crippen LogP contribution in [-0.2, 0) is 11.2 Å². The topological polar surface area (TPSA) is 29.5 Å². The van der Waals surface area contributed by atoms with E-state index in [9.17, 15) is 4.79 Å². The first kappa shape index (κ1) is 16.4. The Morgan fingerprint density at radius 3 is 2.40 bits per heavy atom. The molecule has 0 amide bonds. The summed E-state index contributed by atoms with van der Waals surface area (Å²) in [5.41, 5.74) is 0.697. The van der Waals surface area contributed by atoms with Crippen LogP contribution in [0.5, 0.6) is 5.75 Å². The quantitative estimate of drug-likeness (QED) is 0.434. The molecule has 110 valence electrons. The van der Waals surface area contributed by atoms with Gasteiger partial charge in [-0.25, -0.2) is 0 Å². The van der Waals surface area contributed by atoms with Crippen LogP contribution in [0.2, 0.25) is 0 Å². The third-order valence-electron chi connectivity index (χ3n) is 3.04. The van der Waals surface area contributed by atoms with Crippen molar-refractivity contribution in [3.8, 4) is 5.75 Å². The number of esters is 1. The monoisotopic (exact) mass is 275 g/mol. The van der Waals surface area contributed by atoms with E-state index in [-0.39, 0.29) is 5.97 Å². The van der Waals surface area contributed by atoms with Gasteiger partial charge >= 0.3 is 5.97 Å². The molecule has 1 rings (SSSR count). The van der Waals surface area contributed by atoms with Crippen LogP contribution in [-0.4, -0.2) is 31.5 Å². The lowest BCUT2D eigenvalue weighted by Gasteiger charge is -2.25. The van der Waals surface area contributed by atoms with Crippen LogP contribution in [0.25, 0.3) is 0 Å². The molecule has 0 aliphatic heterocycles. The number of hydrogen-bond donors (Lipinski definition) is 0. The van der Waals surface area contributed by atoms with Gasteiger partial charge in [-0.3, -0.25) is 4.79 Å². The fourth-order valence-electron chi connectivity index (χ4n) is 2.09. The Balaban J connectivity index is 2.64. The molecule has 0 aromatic heterocycles. The van der Waals surface area contributed by atoms with E-state index in [4.69, 9.17) is 4.74 Å². The molecule has 0 spiro atoms. The van der Waals surface area contributed by atoms with E-state index >= 15 is 0 Å². The molecular formula is C17H25NO2. The van der Waals surface area contributed by atoms with Crippen LogP contribution in [0.3, 0.4) is 0 Å². The van der Waals surface area contributed by atoms with Crippen molar-refractivity contribution in [3.63, 3.8) is 0 Å². The fraction of sp³-hybridized carbons (Fsp3) is 0.471. The molecule has 0 unspecified atom stereocenters. The van der Waals surface area contributed by atoms with Gasteiger partial charge in [0.1, 0.15) is 5.75 Å². The van der Waals surface area contributed by atoms with Crippen molar-refractivity contribution < 1.29 is 9.53 Å². The number of nitrogens with zero attached hydrogens (tertiary/aromatic N) is 1. The number of carbonyl (C=O) groups is 1. The third-order valence-corrected chi connectivity index (χ3v) is 3.04. The molecule has 1 aromatic carbocycles. The van der Waals surface area contributed by atoms with Gasteiger partial charge < -0.3 is 9.64 Å². The van der Waals surface area contributed by atoms with Crippen LogP contribution >= 0.6 is 0 Å². The number of carbonyl (C=O) groups excluding carboxylic acids is 1. The molecule has 0 fully saturated rings. The largest absolute Gasteiger partial charge is 0.426 e. The number of hydrogen-bond acceptors (Lipinski definition) is 3. The molecule has 0 aliphatic rings. The van der Waals surface area contributed by atoms with Gasteiger partial charge in [0.05, 0.1) is 5.41 Å². The SMILES string of the molecule is C=CCCc1ccc(OC(=O)C(C)(C)CN(C)C)cc1. The summed E-state index contributed by atoms with van der Waals surface area (Å²) in [6, 6.07) is 7.68. The number of allylic oxidation sites excluding steroid dienone is 1. The molecule has 20 heavy (non-hydrogen) atoms. The van der Waals surface area contributed by atoms with Crippen molar-refractivity contribution in [2.24, 2.45) is 5.41 Å². The highest BCUT2D eigenvalue weighted by Gasteiger charge is 2.30. The molecule has 0 heterocycles. The zero-order chi connectivity index (χ0) is 15.2. The predicted octanol–water partition coefficient (Wildman–Crippen LogP) is 3.30. The van der Waals surface area contributed by atoms with Crippen LogP contribution in [0.4, 0.5) is 0 Å². The Labute approximate surface area is 122 Å². The second-order valence-corrected chi connectivity index (χ2v) is 5.98. The fourth-order valence-corrected chi connectivity index (χ4v) is 2.09. The Bertz CT molecular complexity index is 447. The molecule has 0 saturated carbocycles. The van der Waals surface area contributed by atoms with Gasteiger partial charge in [0, 0.05) is 6.54 Å². The van der Waals surface area contributed by atoms with Crippen molar-refractivity contribution >= 4 is 5.97 Å². The number of ether oxygens (including phenoxy) is 1. The number of benzene rings is 1. The second-order valence-electron chi connectivity index (χ2n) is 5.98.